The number of anilines is 1. The van der Waals surface area contributed by atoms with E-state index in [1.54, 1.807) is 25.6 Å². The van der Waals surface area contributed by atoms with Gasteiger partial charge in [0.2, 0.25) is 5.91 Å². The van der Waals surface area contributed by atoms with Crippen LogP contribution >= 0.6 is 11.3 Å². The molecule has 30 heavy (non-hydrogen) atoms. The Kier molecular flexibility index (Phi) is 6.06. The van der Waals surface area contributed by atoms with Crippen LogP contribution in [0.4, 0.5) is 5.69 Å². The fraction of sp³-hybridized carbons (Fsp3) is 0.292. The van der Waals surface area contributed by atoms with Crippen LogP contribution in [0, 0.1) is 6.92 Å². The number of methoxy groups -OCH3 is 2. The number of hydrogen-bond acceptors (Lipinski definition) is 5. The lowest BCUT2D eigenvalue weighted by Gasteiger charge is -2.37. The Labute approximate surface area is 181 Å². The smallest absolute Gasteiger partial charge is 0.238 e. The second-order valence-corrected chi connectivity index (χ2v) is 8.39. The summed E-state index contributed by atoms with van der Waals surface area (Å²) < 4.78 is 11.1. The van der Waals surface area contributed by atoms with Gasteiger partial charge in [0.1, 0.15) is 0 Å². The monoisotopic (exact) mass is 422 g/mol. The summed E-state index contributed by atoms with van der Waals surface area (Å²) in [5.41, 5.74) is 4.33. The Bertz CT molecular complexity index is 1030. The van der Waals surface area contributed by atoms with Gasteiger partial charge in [-0.1, -0.05) is 24.3 Å². The number of carbonyl (C=O) groups excluding carboxylic acids is 1. The van der Waals surface area contributed by atoms with Crippen molar-refractivity contribution >= 4 is 22.9 Å². The number of fused-ring (bicyclic) bond motifs is 1. The molecule has 1 atom stereocenters. The van der Waals surface area contributed by atoms with Gasteiger partial charge in [0.15, 0.2) is 11.5 Å². The predicted octanol–water partition coefficient (Wildman–Crippen LogP) is 4.66. The molecule has 0 spiro atoms. The molecule has 2 aromatic carbocycles. The maximum atomic E-state index is 12.9. The number of nitrogens with zero attached hydrogens (tertiary/aromatic N) is 1. The SMILES string of the molecule is COc1cc2c(cc1OC)[C@H](c1cccs1)N(CC(=O)Nc1ccccc1C)CC2. The summed E-state index contributed by atoms with van der Waals surface area (Å²) in [6.07, 6.45) is 0.856. The van der Waals surface area contributed by atoms with E-state index in [-0.39, 0.29) is 11.9 Å². The number of para-hydroxylation sites is 1. The summed E-state index contributed by atoms with van der Waals surface area (Å²) in [6.45, 7) is 3.12. The lowest BCUT2D eigenvalue weighted by Crippen LogP contribution is -2.41. The van der Waals surface area contributed by atoms with Crippen LogP contribution in [0.5, 0.6) is 11.5 Å². The highest BCUT2D eigenvalue weighted by Crippen LogP contribution is 2.42. The molecule has 0 radical (unpaired) electrons. The Hall–Kier alpha value is -2.83. The Balaban J connectivity index is 1.64. The van der Waals surface area contributed by atoms with Gasteiger partial charge in [-0.3, -0.25) is 9.69 Å². The number of nitrogens with one attached hydrogen (secondary N) is 1. The van der Waals surface area contributed by atoms with E-state index in [1.807, 2.05) is 31.2 Å². The third-order valence-corrected chi connectivity index (χ3v) is 6.48. The highest BCUT2D eigenvalue weighted by Gasteiger charge is 2.32. The number of hydrogen-bond donors (Lipinski definition) is 1. The zero-order valence-corrected chi connectivity index (χ0v) is 18.3. The standard InChI is InChI=1S/C24H26N2O3S/c1-16-7-4-5-8-19(16)25-23(27)15-26-11-10-17-13-20(28-2)21(29-3)14-18(17)24(26)22-9-6-12-30-22/h4-9,12-14,24H,10-11,15H2,1-3H3,(H,25,27)/t24-/m1/s1. The van der Waals surface area contributed by atoms with Crippen LogP contribution in [0.25, 0.3) is 0 Å². The van der Waals surface area contributed by atoms with Gasteiger partial charge in [-0.05, 0) is 59.7 Å². The first-order valence-electron chi connectivity index (χ1n) is 9.98. The molecular weight excluding hydrogens is 396 g/mol. The summed E-state index contributed by atoms with van der Waals surface area (Å²) in [5.74, 6) is 1.45. The van der Waals surface area contributed by atoms with Crippen molar-refractivity contribution in [3.63, 3.8) is 0 Å². The van der Waals surface area contributed by atoms with E-state index in [9.17, 15) is 4.79 Å². The van der Waals surface area contributed by atoms with Crippen molar-refractivity contribution in [2.24, 2.45) is 0 Å². The van der Waals surface area contributed by atoms with Crippen LogP contribution in [-0.4, -0.2) is 38.1 Å². The van der Waals surface area contributed by atoms with Crippen LogP contribution in [0.3, 0.4) is 0 Å². The predicted molar refractivity (Wildman–Crippen MR) is 121 cm³/mol. The van der Waals surface area contributed by atoms with Gasteiger partial charge in [-0.15, -0.1) is 11.3 Å². The molecule has 3 aromatic rings. The van der Waals surface area contributed by atoms with Crippen molar-refractivity contribution in [1.29, 1.82) is 0 Å². The third kappa shape index (κ3) is 4.06. The van der Waals surface area contributed by atoms with E-state index in [1.165, 1.54) is 16.0 Å². The summed E-state index contributed by atoms with van der Waals surface area (Å²) in [7, 11) is 3.31. The van der Waals surface area contributed by atoms with Gasteiger partial charge >= 0.3 is 0 Å². The lowest BCUT2D eigenvalue weighted by molar-refractivity contribution is -0.117. The molecule has 1 aromatic heterocycles. The minimum absolute atomic E-state index is 0.00483. The van der Waals surface area contributed by atoms with Crippen molar-refractivity contribution in [1.82, 2.24) is 4.90 Å². The highest BCUT2D eigenvalue weighted by atomic mass is 32.1. The molecule has 2 heterocycles. The minimum Gasteiger partial charge on any atom is -0.493 e. The molecule has 5 nitrogen and oxygen atoms in total. The van der Waals surface area contributed by atoms with Gasteiger partial charge in [-0.2, -0.15) is 0 Å². The number of aryl methyl sites for hydroxylation is 1. The topological polar surface area (TPSA) is 50.8 Å². The number of carbonyl (C=O) groups is 1. The molecule has 0 saturated carbocycles. The summed E-state index contributed by atoms with van der Waals surface area (Å²) in [4.78, 5) is 16.3. The number of benzene rings is 2. The molecule has 1 aliphatic heterocycles. The van der Waals surface area contributed by atoms with Crippen molar-refractivity contribution in [3.05, 3.63) is 75.5 Å². The van der Waals surface area contributed by atoms with Gasteiger partial charge in [0.05, 0.1) is 26.8 Å². The van der Waals surface area contributed by atoms with E-state index in [2.05, 4.69) is 39.9 Å². The molecule has 4 rings (SSSR count). The van der Waals surface area contributed by atoms with E-state index < -0.39 is 0 Å². The molecule has 0 bridgehead atoms. The van der Waals surface area contributed by atoms with E-state index in [4.69, 9.17) is 9.47 Å². The van der Waals surface area contributed by atoms with Crippen LogP contribution in [0.2, 0.25) is 0 Å². The molecule has 0 fully saturated rings. The van der Waals surface area contributed by atoms with Crippen LogP contribution in [0.1, 0.15) is 27.6 Å². The van der Waals surface area contributed by atoms with E-state index in [0.717, 1.165) is 30.0 Å². The molecule has 0 aliphatic carbocycles. The lowest BCUT2D eigenvalue weighted by atomic mass is 9.91. The van der Waals surface area contributed by atoms with Crippen molar-refractivity contribution in [2.75, 3.05) is 32.6 Å². The van der Waals surface area contributed by atoms with Crippen molar-refractivity contribution in [3.8, 4) is 11.5 Å². The van der Waals surface area contributed by atoms with Gasteiger partial charge < -0.3 is 14.8 Å². The second-order valence-electron chi connectivity index (χ2n) is 7.41. The average Bonchev–Trinajstić information content (AvgIpc) is 3.28. The summed E-state index contributed by atoms with van der Waals surface area (Å²) >= 11 is 1.71. The molecule has 156 valence electrons. The van der Waals surface area contributed by atoms with E-state index in [0.29, 0.717) is 12.3 Å². The molecule has 1 aliphatic rings. The largest absolute Gasteiger partial charge is 0.493 e. The molecular formula is C24H26N2O3S. The molecule has 6 heteroatoms. The minimum atomic E-state index is -0.00483. The average molecular weight is 423 g/mol. The number of rotatable bonds is 6. The Morgan fingerprint density at radius 1 is 1.13 bits per heavy atom. The van der Waals surface area contributed by atoms with Crippen LogP contribution in [0.15, 0.2) is 53.9 Å². The first kappa shape index (κ1) is 20.4. The number of amides is 1. The summed E-state index contributed by atoms with van der Waals surface area (Å²) in [6, 6.07) is 16.2. The molecule has 1 amide bonds. The maximum Gasteiger partial charge on any atom is 0.238 e. The zero-order chi connectivity index (χ0) is 21.1. The quantitative estimate of drug-likeness (QED) is 0.628. The Morgan fingerprint density at radius 3 is 2.60 bits per heavy atom. The normalized spacial score (nSPS) is 16.0. The van der Waals surface area contributed by atoms with Crippen molar-refractivity contribution < 1.29 is 14.3 Å². The van der Waals surface area contributed by atoms with Gasteiger partial charge in [0.25, 0.3) is 0 Å². The molecule has 1 N–H and O–H groups in total. The molecule has 0 unspecified atom stereocenters. The second kappa shape index (κ2) is 8.90. The first-order chi connectivity index (χ1) is 14.6. The maximum absolute atomic E-state index is 12.9. The third-order valence-electron chi connectivity index (χ3n) is 5.55. The van der Waals surface area contributed by atoms with Crippen molar-refractivity contribution in [2.45, 2.75) is 19.4 Å². The summed E-state index contributed by atoms with van der Waals surface area (Å²) in [5, 5.41) is 5.15. The Morgan fingerprint density at radius 2 is 1.90 bits per heavy atom. The fourth-order valence-corrected chi connectivity index (χ4v) is 4.91. The fourth-order valence-electron chi connectivity index (χ4n) is 4.04. The zero-order valence-electron chi connectivity index (χ0n) is 17.5. The molecule has 0 saturated heterocycles. The first-order valence-corrected chi connectivity index (χ1v) is 10.9. The number of thiophene rings is 1. The highest BCUT2D eigenvalue weighted by molar-refractivity contribution is 7.10. The van der Waals surface area contributed by atoms with Crippen LogP contribution in [-0.2, 0) is 11.2 Å². The van der Waals surface area contributed by atoms with Gasteiger partial charge in [0, 0.05) is 17.1 Å². The number of ether oxygens (including phenoxy) is 2. The van der Waals surface area contributed by atoms with E-state index >= 15 is 0 Å². The van der Waals surface area contributed by atoms with Crippen LogP contribution < -0.4 is 14.8 Å². The van der Waals surface area contributed by atoms with Gasteiger partial charge in [-0.25, -0.2) is 0 Å².